The summed E-state index contributed by atoms with van der Waals surface area (Å²) in [5.41, 5.74) is 0.326. The van der Waals surface area contributed by atoms with Crippen LogP contribution in [0.4, 0.5) is 0 Å². The minimum absolute atomic E-state index is 0.244. The van der Waals surface area contributed by atoms with Gasteiger partial charge in [-0.2, -0.15) is 5.26 Å². The highest BCUT2D eigenvalue weighted by atomic mass is 16.5. The number of pyridine rings is 1. The number of nitrogens with zero attached hydrogens (tertiary/aromatic N) is 3. The molecule has 1 N–H and O–H groups in total. The summed E-state index contributed by atoms with van der Waals surface area (Å²) in [7, 11) is 2.09. The van der Waals surface area contributed by atoms with Crippen LogP contribution in [-0.4, -0.2) is 47.3 Å². The Hall–Kier alpha value is -1.48. The quantitative estimate of drug-likeness (QED) is 0.801. The third-order valence-electron chi connectivity index (χ3n) is 4.33. The molecule has 0 spiro atoms. The van der Waals surface area contributed by atoms with Gasteiger partial charge in [0.1, 0.15) is 11.8 Å². The van der Waals surface area contributed by atoms with Gasteiger partial charge in [0, 0.05) is 23.8 Å². The zero-order valence-electron chi connectivity index (χ0n) is 10.9. The van der Waals surface area contributed by atoms with Crippen LogP contribution >= 0.6 is 0 Å². The Balaban J connectivity index is 1.88. The van der Waals surface area contributed by atoms with Crippen molar-refractivity contribution < 1.29 is 9.84 Å². The van der Waals surface area contributed by atoms with Crippen molar-refractivity contribution in [1.29, 1.82) is 5.26 Å². The van der Waals surface area contributed by atoms with Crippen molar-refractivity contribution in [2.45, 2.75) is 30.5 Å². The fourth-order valence-corrected chi connectivity index (χ4v) is 3.11. The maximum Gasteiger partial charge on any atom is 0.140 e. The second kappa shape index (κ2) is 4.57. The molecule has 0 aliphatic carbocycles. The van der Waals surface area contributed by atoms with Crippen molar-refractivity contribution in [2.24, 2.45) is 0 Å². The molecule has 19 heavy (non-hydrogen) atoms. The molecule has 2 aliphatic rings. The molecule has 1 aromatic heterocycles. The third kappa shape index (κ3) is 2.12. The second-order valence-electron chi connectivity index (χ2n) is 5.49. The molecule has 100 valence electrons. The number of likely N-dealkylation sites (N-methyl/N-ethyl adjacent to an activating group) is 1. The number of hydrogen-bond acceptors (Lipinski definition) is 5. The van der Waals surface area contributed by atoms with Gasteiger partial charge in [-0.3, -0.25) is 4.90 Å². The van der Waals surface area contributed by atoms with Crippen molar-refractivity contribution in [3.8, 4) is 6.07 Å². The van der Waals surface area contributed by atoms with Crippen LogP contribution in [0.2, 0.25) is 0 Å². The topological polar surface area (TPSA) is 69.4 Å². The molecule has 3 heterocycles. The fourth-order valence-electron chi connectivity index (χ4n) is 3.11. The smallest absolute Gasteiger partial charge is 0.140 e. The van der Waals surface area contributed by atoms with Crippen molar-refractivity contribution in [2.75, 3.05) is 20.3 Å². The Kier molecular flexibility index (Phi) is 3.02. The zero-order chi connectivity index (χ0) is 13.5. The summed E-state index contributed by atoms with van der Waals surface area (Å²) in [5, 5.41) is 19.7. The summed E-state index contributed by atoms with van der Waals surface area (Å²) >= 11 is 0. The maximum atomic E-state index is 10.9. The number of nitriles is 1. The van der Waals surface area contributed by atoms with Gasteiger partial charge in [-0.25, -0.2) is 4.98 Å². The summed E-state index contributed by atoms with van der Waals surface area (Å²) in [6.45, 7) is 1.33. The normalized spacial score (nSPS) is 34.8. The van der Waals surface area contributed by atoms with E-state index in [0.29, 0.717) is 31.7 Å². The minimum atomic E-state index is -0.855. The first kappa shape index (κ1) is 12.5. The van der Waals surface area contributed by atoms with E-state index in [9.17, 15) is 5.11 Å². The first-order valence-electron chi connectivity index (χ1n) is 6.51. The molecule has 2 saturated heterocycles. The van der Waals surface area contributed by atoms with Crippen LogP contribution < -0.4 is 0 Å². The van der Waals surface area contributed by atoms with Gasteiger partial charge in [-0.05, 0) is 26.0 Å². The molecule has 5 nitrogen and oxygen atoms in total. The van der Waals surface area contributed by atoms with Crippen molar-refractivity contribution >= 4 is 0 Å². The van der Waals surface area contributed by atoms with Crippen LogP contribution in [0.1, 0.15) is 24.1 Å². The molecule has 2 aliphatic heterocycles. The highest BCUT2D eigenvalue weighted by Crippen LogP contribution is 2.39. The predicted molar refractivity (Wildman–Crippen MR) is 68.2 cm³/mol. The van der Waals surface area contributed by atoms with Gasteiger partial charge >= 0.3 is 0 Å². The summed E-state index contributed by atoms with van der Waals surface area (Å²) < 4.78 is 5.56. The van der Waals surface area contributed by atoms with Gasteiger partial charge in [0.25, 0.3) is 0 Å². The molecule has 0 radical (unpaired) electrons. The molecule has 0 saturated carbocycles. The average Bonchev–Trinajstić information content (AvgIpc) is 2.41. The lowest BCUT2D eigenvalue weighted by Gasteiger charge is -2.50. The molecule has 0 aromatic carbocycles. The standard InChI is InChI=1S/C14H17N3O2/c1-17-12-4-14(18,5-13(17)9-19-8-12)10-2-3-11(6-15)16-7-10/h2-3,7,12-13,18H,4-5,8-9H2,1H3. The van der Waals surface area contributed by atoms with E-state index in [1.54, 1.807) is 12.3 Å². The van der Waals surface area contributed by atoms with Crippen LogP contribution in [0, 0.1) is 11.3 Å². The molecule has 5 heteroatoms. The van der Waals surface area contributed by atoms with Gasteiger partial charge < -0.3 is 9.84 Å². The molecule has 3 rings (SSSR count). The molecule has 2 fully saturated rings. The highest BCUT2D eigenvalue weighted by Gasteiger charge is 2.45. The number of rotatable bonds is 1. The van der Waals surface area contributed by atoms with Gasteiger partial charge in [0.05, 0.1) is 18.8 Å². The number of hydrogen-bond donors (Lipinski definition) is 1. The highest BCUT2D eigenvalue weighted by molar-refractivity contribution is 5.28. The summed E-state index contributed by atoms with van der Waals surface area (Å²) in [6, 6.07) is 5.96. The first-order chi connectivity index (χ1) is 9.12. The third-order valence-corrected chi connectivity index (χ3v) is 4.33. The second-order valence-corrected chi connectivity index (χ2v) is 5.49. The Morgan fingerprint density at radius 2 is 2.11 bits per heavy atom. The summed E-state index contributed by atoms with van der Waals surface area (Å²) in [6.07, 6.45) is 2.92. The maximum absolute atomic E-state index is 10.9. The lowest BCUT2D eigenvalue weighted by atomic mass is 9.77. The van der Waals surface area contributed by atoms with E-state index in [-0.39, 0.29) is 12.1 Å². The molecular formula is C14H17N3O2. The van der Waals surface area contributed by atoms with Gasteiger partial charge in [-0.15, -0.1) is 0 Å². The Bertz CT molecular complexity index is 494. The number of fused-ring (bicyclic) bond motifs is 2. The lowest BCUT2D eigenvalue weighted by Crippen LogP contribution is -2.59. The molecule has 2 atom stereocenters. The van der Waals surface area contributed by atoms with Crippen LogP contribution in [0.25, 0.3) is 0 Å². The SMILES string of the molecule is CN1C2COCC1CC(O)(c1ccc(C#N)nc1)C2. The average molecular weight is 259 g/mol. The van der Waals surface area contributed by atoms with Crippen molar-refractivity contribution in [1.82, 2.24) is 9.88 Å². The number of aromatic nitrogens is 1. The van der Waals surface area contributed by atoms with E-state index in [0.717, 1.165) is 5.56 Å². The number of ether oxygens (including phenoxy) is 1. The molecule has 1 aromatic rings. The van der Waals surface area contributed by atoms with E-state index in [4.69, 9.17) is 10.00 Å². The monoisotopic (exact) mass is 259 g/mol. The largest absolute Gasteiger partial charge is 0.385 e. The van der Waals surface area contributed by atoms with E-state index >= 15 is 0 Å². The van der Waals surface area contributed by atoms with Crippen LogP contribution in [0.15, 0.2) is 18.3 Å². The summed E-state index contributed by atoms with van der Waals surface area (Å²) in [5.74, 6) is 0. The van der Waals surface area contributed by atoms with Crippen LogP contribution in [0.5, 0.6) is 0 Å². The van der Waals surface area contributed by atoms with E-state index in [1.807, 2.05) is 12.1 Å². The van der Waals surface area contributed by atoms with Crippen LogP contribution in [-0.2, 0) is 10.3 Å². The van der Waals surface area contributed by atoms with Crippen molar-refractivity contribution in [3.05, 3.63) is 29.6 Å². The minimum Gasteiger partial charge on any atom is -0.385 e. The van der Waals surface area contributed by atoms with E-state index in [1.165, 1.54) is 0 Å². The fraction of sp³-hybridized carbons (Fsp3) is 0.571. The number of morpholine rings is 1. The van der Waals surface area contributed by atoms with Crippen molar-refractivity contribution in [3.63, 3.8) is 0 Å². The van der Waals surface area contributed by atoms with Crippen LogP contribution in [0.3, 0.4) is 0 Å². The Morgan fingerprint density at radius 3 is 2.63 bits per heavy atom. The zero-order valence-corrected chi connectivity index (χ0v) is 10.9. The predicted octanol–water partition coefficient (Wildman–Crippen LogP) is 0.634. The lowest BCUT2D eigenvalue weighted by molar-refractivity contribution is -0.137. The number of piperidine rings is 1. The van der Waals surface area contributed by atoms with E-state index in [2.05, 4.69) is 16.9 Å². The molecular weight excluding hydrogens is 242 g/mol. The molecule has 2 unspecified atom stereocenters. The molecule has 0 amide bonds. The van der Waals surface area contributed by atoms with Gasteiger partial charge in [0.15, 0.2) is 0 Å². The number of aliphatic hydroxyl groups is 1. The van der Waals surface area contributed by atoms with Gasteiger partial charge in [0.2, 0.25) is 0 Å². The van der Waals surface area contributed by atoms with Gasteiger partial charge in [-0.1, -0.05) is 6.07 Å². The Morgan fingerprint density at radius 1 is 1.42 bits per heavy atom. The van der Waals surface area contributed by atoms with E-state index < -0.39 is 5.60 Å². The first-order valence-corrected chi connectivity index (χ1v) is 6.51. The summed E-state index contributed by atoms with van der Waals surface area (Å²) in [4.78, 5) is 6.37. The Labute approximate surface area is 112 Å². The molecule has 2 bridgehead atoms.